The number of aromatic nitrogens is 2. The molecule has 0 atom stereocenters. The molecule has 0 unspecified atom stereocenters. The molecule has 0 aliphatic rings. The Bertz CT molecular complexity index is 768. The van der Waals surface area contributed by atoms with Gasteiger partial charge in [-0.1, -0.05) is 62.9 Å². The highest BCUT2D eigenvalue weighted by atomic mass is 32.2. The van der Waals surface area contributed by atoms with Crippen LogP contribution in [0.15, 0.2) is 42.1 Å². The molecule has 2 aromatic rings. The molecule has 1 aromatic heterocycles. The Hall–Kier alpha value is -2.32. The summed E-state index contributed by atoms with van der Waals surface area (Å²) in [6.45, 7) is 10.8. The van der Waals surface area contributed by atoms with E-state index in [-0.39, 0.29) is 5.41 Å². The number of rotatable bonds is 5. The van der Waals surface area contributed by atoms with Crippen molar-refractivity contribution >= 4 is 17.6 Å². The summed E-state index contributed by atoms with van der Waals surface area (Å²) in [6.07, 6.45) is 3.66. The Balaban J connectivity index is 2.56. The summed E-state index contributed by atoms with van der Waals surface area (Å²) in [6, 6.07) is 10.5. The first-order valence-corrected chi connectivity index (χ1v) is 8.95. The van der Waals surface area contributed by atoms with E-state index in [1.165, 1.54) is 17.3 Å². The topological polar surface area (TPSA) is 61.6 Å². The highest BCUT2D eigenvalue weighted by Gasteiger charge is 2.17. The van der Waals surface area contributed by atoms with Crippen LogP contribution in [-0.2, 0) is 5.41 Å². The van der Waals surface area contributed by atoms with Gasteiger partial charge in [-0.3, -0.25) is 0 Å². The summed E-state index contributed by atoms with van der Waals surface area (Å²) < 4.78 is 0. The van der Waals surface area contributed by atoms with Crippen LogP contribution in [0.4, 0.5) is 5.82 Å². The molecular formula is C19H22N4S. The highest BCUT2D eigenvalue weighted by molar-refractivity contribution is 7.98. The average molecular weight is 338 g/mol. The van der Waals surface area contributed by atoms with Crippen molar-refractivity contribution < 1.29 is 0 Å². The summed E-state index contributed by atoms with van der Waals surface area (Å²) in [5, 5.41) is 13.4. The van der Waals surface area contributed by atoms with Crippen LogP contribution in [0, 0.1) is 11.3 Å². The molecule has 1 heterocycles. The van der Waals surface area contributed by atoms with E-state index in [9.17, 15) is 5.26 Å². The third-order valence-corrected chi connectivity index (χ3v) is 4.17. The van der Waals surface area contributed by atoms with E-state index in [1.807, 2.05) is 18.4 Å². The van der Waals surface area contributed by atoms with Gasteiger partial charge in [-0.05, 0) is 17.2 Å². The molecule has 4 nitrogen and oxygen atoms in total. The van der Waals surface area contributed by atoms with Crippen molar-refractivity contribution in [3.8, 4) is 17.3 Å². The van der Waals surface area contributed by atoms with Gasteiger partial charge < -0.3 is 5.32 Å². The van der Waals surface area contributed by atoms with E-state index in [2.05, 4.69) is 60.8 Å². The lowest BCUT2D eigenvalue weighted by molar-refractivity contribution is 0.590. The number of anilines is 1. The van der Waals surface area contributed by atoms with E-state index in [0.29, 0.717) is 28.8 Å². The number of nitriles is 1. The lowest BCUT2D eigenvalue weighted by atomic mass is 9.86. The summed E-state index contributed by atoms with van der Waals surface area (Å²) in [7, 11) is 0. The van der Waals surface area contributed by atoms with Crippen molar-refractivity contribution in [1.29, 1.82) is 5.26 Å². The van der Waals surface area contributed by atoms with E-state index < -0.39 is 0 Å². The summed E-state index contributed by atoms with van der Waals surface area (Å²) in [5.74, 6) is 0.548. The Morgan fingerprint density at radius 3 is 2.42 bits per heavy atom. The Morgan fingerprint density at radius 2 is 1.92 bits per heavy atom. The van der Waals surface area contributed by atoms with E-state index in [4.69, 9.17) is 0 Å². The molecule has 0 aliphatic heterocycles. The van der Waals surface area contributed by atoms with Crippen molar-refractivity contribution in [2.24, 2.45) is 0 Å². The van der Waals surface area contributed by atoms with Crippen molar-refractivity contribution in [3.63, 3.8) is 0 Å². The molecule has 0 bridgehead atoms. The largest absolute Gasteiger partial charge is 0.365 e. The van der Waals surface area contributed by atoms with Crippen LogP contribution in [0.25, 0.3) is 11.3 Å². The maximum atomic E-state index is 9.60. The molecule has 1 N–H and O–H groups in total. The molecule has 0 saturated carbocycles. The fourth-order valence-electron chi connectivity index (χ4n) is 2.27. The number of nitrogens with one attached hydrogen (secondary N) is 1. The first-order chi connectivity index (χ1) is 11.4. The quantitative estimate of drug-likeness (QED) is 0.489. The molecule has 124 valence electrons. The molecule has 0 spiro atoms. The number of nitrogens with zero attached hydrogens (tertiary/aromatic N) is 3. The van der Waals surface area contributed by atoms with Gasteiger partial charge in [-0.15, -0.1) is 6.58 Å². The van der Waals surface area contributed by atoms with Gasteiger partial charge in [-0.25, -0.2) is 9.97 Å². The number of thioether (sulfide) groups is 1. The molecule has 1 aromatic carbocycles. The minimum Gasteiger partial charge on any atom is -0.365 e. The van der Waals surface area contributed by atoms with E-state index in [1.54, 1.807) is 6.08 Å². The van der Waals surface area contributed by atoms with Crippen molar-refractivity contribution in [1.82, 2.24) is 9.97 Å². The van der Waals surface area contributed by atoms with E-state index >= 15 is 0 Å². The smallest absolute Gasteiger partial charge is 0.189 e. The summed E-state index contributed by atoms with van der Waals surface area (Å²) in [5.41, 5.74) is 3.36. The van der Waals surface area contributed by atoms with E-state index in [0.717, 1.165) is 5.56 Å². The monoisotopic (exact) mass is 338 g/mol. The van der Waals surface area contributed by atoms with Crippen LogP contribution >= 0.6 is 11.8 Å². The third kappa shape index (κ3) is 3.95. The maximum Gasteiger partial charge on any atom is 0.189 e. The van der Waals surface area contributed by atoms with Gasteiger partial charge >= 0.3 is 0 Å². The first kappa shape index (κ1) is 18.0. The SMILES string of the molecule is C=CCNc1nc(SC)nc(-c2ccc(C(C)(C)C)cc2)c1C#N. The van der Waals surface area contributed by atoms with Gasteiger partial charge in [0.25, 0.3) is 0 Å². The minimum absolute atomic E-state index is 0.0867. The first-order valence-electron chi connectivity index (χ1n) is 7.72. The maximum absolute atomic E-state index is 9.60. The molecule has 24 heavy (non-hydrogen) atoms. The Labute approximate surface area is 148 Å². The summed E-state index contributed by atoms with van der Waals surface area (Å²) in [4.78, 5) is 8.97. The van der Waals surface area contributed by atoms with Crippen LogP contribution in [0.2, 0.25) is 0 Å². The van der Waals surface area contributed by atoms with Gasteiger partial charge in [0.1, 0.15) is 17.5 Å². The number of hydrogen-bond acceptors (Lipinski definition) is 5. The zero-order valence-electron chi connectivity index (χ0n) is 14.6. The van der Waals surface area contributed by atoms with Crippen molar-refractivity contribution in [3.05, 3.63) is 48.0 Å². The van der Waals surface area contributed by atoms with Gasteiger partial charge in [0.2, 0.25) is 0 Å². The summed E-state index contributed by atoms with van der Waals surface area (Å²) >= 11 is 1.45. The fourth-order valence-corrected chi connectivity index (χ4v) is 2.64. The molecule has 0 fully saturated rings. The highest BCUT2D eigenvalue weighted by Crippen LogP contribution is 2.30. The number of hydrogen-bond donors (Lipinski definition) is 1. The molecule has 0 amide bonds. The van der Waals surface area contributed by atoms with Crippen molar-refractivity contribution in [2.45, 2.75) is 31.3 Å². The lowest BCUT2D eigenvalue weighted by Gasteiger charge is -2.19. The molecule has 2 rings (SSSR count). The molecule has 0 radical (unpaired) electrons. The molecular weight excluding hydrogens is 316 g/mol. The zero-order valence-corrected chi connectivity index (χ0v) is 15.4. The Kier molecular flexibility index (Phi) is 5.63. The third-order valence-electron chi connectivity index (χ3n) is 3.62. The van der Waals surface area contributed by atoms with Gasteiger partial charge in [0.05, 0.1) is 5.69 Å². The van der Waals surface area contributed by atoms with Crippen LogP contribution < -0.4 is 5.32 Å². The van der Waals surface area contributed by atoms with Crippen molar-refractivity contribution in [2.75, 3.05) is 18.1 Å². The second-order valence-electron chi connectivity index (χ2n) is 6.39. The zero-order chi connectivity index (χ0) is 17.7. The Morgan fingerprint density at radius 1 is 1.25 bits per heavy atom. The fraction of sp³-hybridized carbons (Fsp3) is 0.316. The second kappa shape index (κ2) is 7.50. The normalized spacial score (nSPS) is 11.0. The molecule has 0 saturated heterocycles. The average Bonchev–Trinajstić information content (AvgIpc) is 2.58. The minimum atomic E-state index is 0.0867. The van der Waals surface area contributed by atoms with Crippen LogP contribution in [0.3, 0.4) is 0 Å². The molecule has 0 aliphatic carbocycles. The predicted octanol–water partition coefficient (Wildman–Crippen LogP) is 4.63. The van der Waals surface area contributed by atoms with Crippen LogP contribution in [0.1, 0.15) is 31.9 Å². The van der Waals surface area contributed by atoms with Crippen LogP contribution in [-0.4, -0.2) is 22.8 Å². The lowest BCUT2D eigenvalue weighted by Crippen LogP contribution is -2.10. The van der Waals surface area contributed by atoms with Gasteiger partial charge in [0, 0.05) is 12.1 Å². The predicted molar refractivity (Wildman–Crippen MR) is 101 cm³/mol. The van der Waals surface area contributed by atoms with Gasteiger partial charge in [-0.2, -0.15) is 5.26 Å². The second-order valence-corrected chi connectivity index (χ2v) is 7.16. The van der Waals surface area contributed by atoms with Gasteiger partial charge in [0.15, 0.2) is 5.16 Å². The number of benzene rings is 1. The molecule has 5 heteroatoms. The van der Waals surface area contributed by atoms with Crippen LogP contribution in [0.5, 0.6) is 0 Å². The standard InChI is InChI=1S/C19H22N4S/c1-6-11-21-17-15(12-20)16(22-18(23-17)24-5)13-7-9-14(10-8-13)19(2,3)4/h6-10H,1,11H2,2-5H3,(H,21,22,23).